The number of carbonyl (C=O) groups excluding carboxylic acids is 1. The van der Waals surface area contributed by atoms with Crippen molar-refractivity contribution in [3.63, 3.8) is 0 Å². The van der Waals surface area contributed by atoms with Gasteiger partial charge in [-0.15, -0.1) is 4.58 Å². The number of nitrogens with zero attached hydrogens (tertiary/aromatic N) is 1. The minimum atomic E-state index is -1.32. The van der Waals surface area contributed by atoms with Crippen LogP contribution in [0.3, 0.4) is 0 Å². The van der Waals surface area contributed by atoms with Crippen LogP contribution in [-0.4, -0.2) is 51.2 Å². The number of hydrogen-bond acceptors (Lipinski definition) is 4. The molecule has 0 saturated heterocycles. The van der Waals surface area contributed by atoms with E-state index in [1.54, 1.807) is 20.8 Å². The smallest absolute Gasteiger partial charge is 0.481 e. The second-order valence-electron chi connectivity index (χ2n) is 4.74. The van der Waals surface area contributed by atoms with E-state index in [1.807, 2.05) is 0 Å². The van der Waals surface area contributed by atoms with E-state index in [-0.39, 0.29) is 12.8 Å². The van der Waals surface area contributed by atoms with Gasteiger partial charge in [-0.1, -0.05) is 0 Å². The Balaban J connectivity index is 4.71. The summed E-state index contributed by atoms with van der Waals surface area (Å²) in [5, 5.41) is 17.4. The molecule has 7 heteroatoms. The Kier molecular flexibility index (Phi) is 5.48. The summed E-state index contributed by atoms with van der Waals surface area (Å²) in [5.41, 5.74) is -0.775. The zero-order chi connectivity index (χ0) is 14.5. The van der Waals surface area contributed by atoms with Crippen LogP contribution in [0.4, 0.5) is 4.79 Å². The summed E-state index contributed by atoms with van der Waals surface area (Å²) >= 11 is 0. The van der Waals surface area contributed by atoms with E-state index in [2.05, 4.69) is 6.72 Å². The van der Waals surface area contributed by atoms with Crippen LogP contribution in [0.5, 0.6) is 0 Å². The predicted molar refractivity (Wildman–Crippen MR) is 61.9 cm³/mol. The summed E-state index contributed by atoms with van der Waals surface area (Å²) in [6.07, 6.45) is -1.50. The van der Waals surface area contributed by atoms with Crippen LogP contribution in [-0.2, 0) is 14.3 Å². The van der Waals surface area contributed by atoms with Gasteiger partial charge in [-0.3, -0.25) is 4.79 Å². The SMILES string of the molecule is C=[N+](C(=O)OC(C)(C)C)[C@@H](CCC(=O)O)C(=O)O. The second-order valence-corrected chi connectivity index (χ2v) is 4.74. The molecule has 0 bridgehead atoms. The number of carbonyl (C=O) groups is 3. The van der Waals surface area contributed by atoms with E-state index in [1.165, 1.54) is 0 Å². The van der Waals surface area contributed by atoms with Crippen LogP contribution in [0.25, 0.3) is 0 Å². The molecule has 0 aliphatic heterocycles. The van der Waals surface area contributed by atoms with Gasteiger partial charge in [0.1, 0.15) is 12.3 Å². The van der Waals surface area contributed by atoms with Crippen LogP contribution in [0.1, 0.15) is 33.6 Å². The van der Waals surface area contributed by atoms with E-state index >= 15 is 0 Å². The molecule has 1 amide bonds. The summed E-state index contributed by atoms with van der Waals surface area (Å²) in [7, 11) is 0. The molecule has 0 saturated carbocycles. The summed E-state index contributed by atoms with van der Waals surface area (Å²) < 4.78 is 5.60. The lowest BCUT2D eigenvalue weighted by Crippen LogP contribution is -2.40. The lowest BCUT2D eigenvalue weighted by atomic mass is 10.1. The lowest BCUT2D eigenvalue weighted by molar-refractivity contribution is -0.473. The predicted octanol–water partition coefficient (Wildman–Crippen LogP) is 0.953. The zero-order valence-electron chi connectivity index (χ0n) is 10.7. The minimum absolute atomic E-state index is 0.229. The van der Waals surface area contributed by atoms with Crippen molar-refractivity contribution in [2.75, 3.05) is 0 Å². The van der Waals surface area contributed by atoms with Crippen molar-refractivity contribution in [3.8, 4) is 0 Å². The van der Waals surface area contributed by atoms with Crippen LogP contribution in [0.2, 0.25) is 0 Å². The van der Waals surface area contributed by atoms with Crippen molar-refractivity contribution in [1.82, 2.24) is 0 Å². The third kappa shape index (κ3) is 5.97. The topological polar surface area (TPSA) is 104 Å². The maximum atomic E-state index is 11.6. The maximum Gasteiger partial charge on any atom is 0.597 e. The standard InChI is InChI=1S/C11H17NO6/c1-11(2,3)18-10(17)12(4)7(9(15)16)5-6-8(13)14/h7H,4-6H2,1-3H3,(H-,13,14,15,16)/p+1/t7-/m0/s1. The number of amides is 1. The highest BCUT2D eigenvalue weighted by atomic mass is 16.6. The van der Waals surface area contributed by atoms with Gasteiger partial charge in [-0.25, -0.2) is 4.79 Å². The Hall–Kier alpha value is -1.92. The van der Waals surface area contributed by atoms with Crippen molar-refractivity contribution in [2.24, 2.45) is 0 Å². The molecule has 0 aromatic heterocycles. The molecule has 0 aromatic rings. The Morgan fingerprint density at radius 3 is 2.11 bits per heavy atom. The first-order chi connectivity index (χ1) is 8.04. The van der Waals surface area contributed by atoms with Gasteiger partial charge in [-0.05, 0) is 20.8 Å². The van der Waals surface area contributed by atoms with E-state index < -0.39 is 29.7 Å². The van der Waals surface area contributed by atoms with Crippen molar-refractivity contribution < 1.29 is 33.9 Å². The first kappa shape index (κ1) is 16.1. The molecular weight excluding hydrogens is 242 g/mol. The molecular formula is C11H18NO6+. The van der Waals surface area contributed by atoms with E-state index in [0.717, 1.165) is 0 Å². The molecule has 0 fully saturated rings. The molecule has 0 rings (SSSR count). The van der Waals surface area contributed by atoms with Gasteiger partial charge in [0.15, 0.2) is 0 Å². The molecule has 1 atom stereocenters. The van der Waals surface area contributed by atoms with E-state index in [9.17, 15) is 14.4 Å². The molecule has 0 aliphatic rings. The fourth-order valence-corrected chi connectivity index (χ4v) is 1.12. The molecule has 0 heterocycles. The van der Waals surface area contributed by atoms with Gasteiger partial charge in [0.25, 0.3) is 6.04 Å². The summed E-state index contributed by atoms with van der Waals surface area (Å²) in [5.74, 6) is -2.46. The summed E-state index contributed by atoms with van der Waals surface area (Å²) in [6, 6.07) is -1.32. The average molecular weight is 260 g/mol. The van der Waals surface area contributed by atoms with Crippen molar-refractivity contribution in [2.45, 2.75) is 45.3 Å². The Morgan fingerprint density at radius 2 is 1.78 bits per heavy atom. The number of rotatable bonds is 5. The molecule has 0 unspecified atom stereocenters. The van der Waals surface area contributed by atoms with Crippen molar-refractivity contribution >= 4 is 24.7 Å². The fourth-order valence-electron chi connectivity index (χ4n) is 1.12. The highest BCUT2D eigenvalue weighted by Crippen LogP contribution is 2.11. The van der Waals surface area contributed by atoms with Crippen LogP contribution in [0, 0.1) is 0 Å². The number of carboxylic acid groups (broad SMARTS) is 2. The number of aliphatic carboxylic acids is 2. The summed E-state index contributed by atoms with van der Waals surface area (Å²) in [4.78, 5) is 32.9. The Labute approximate surface area is 105 Å². The third-order valence-corrected chi connectivity index (χ3v) is 1.92. The second kappa shape index (κ2) is 6.13. The largest absolute Gasteiger partial charge is 0.597 e. The number of ether oxygens (including phenoxy) is 1. The van der Waals surface area contributed by atoms with Gasteiger partial charge in [0.2, 0.25) is 0 Å². The molecule has 0 aromatic carbocycles. The van der Waals surface area contributed by atoms with Crippen LogP contribution < -0.4 is 0 Å². The van der Waals surface area contributed by atoms with E-state index in [4.69, 9.17) is 14.9 Å². The minimum Gasteiger partial charge on any atom is -0.481 e. The molecule has 2 N–H and O–H groups in total. The van der Waals surface area contributed by atoms with Crippen LogP contribution >= 0.6 is 0 Å². The quantitative estimate of drug-likeness (QED) is 0.563. The molecule has 18 heavy (non-hydrogen) atoms. The van der Waals surface area contributed by atoms with Gasteiger partial charge in [0, 0.05) is 6.42 Å². The summed E-state index contributed by atoms with van der Waals surface area (Å²) in [6.45, 7) is 8.20. The Morgan fingerprint density at radius 1 is 1.28 bits per heavy atom. The van der Waals surface area contributed by atoms with Crippen LogP contribution in [0.15, 0.2) is 0 Å². The highest BCUT2D eigenvalue weighted by Gasteiger charge is 2.36. The van der Waals surface area contributed by atoms with Gasteiger partial charge >= 0.3 is 18.0 Å². The average Bonchev–Trinajstić information content (AvgIpc) is 2.13. The molecule has 0 radical (unpaired) electrons. The lowest BCUT2D eigenvalue weighted by Gasteiger charge is -2.17. The fraction of sp³-hybridized carbons (Fsp3) is 0.636. The first-order valence-corrected chi connectivity index (χ1v) is 5.32. The molecule has 102 valence electrons. The normalized spacial score (nSPS) is 12.6. The van der Waals surface area contributed by atoms with Crippen molar-refractivity contribution in [1.29, 1.82) is 0 Å². The number of carboxylic acids is 2. The maximum absolute atomic E-state index is 11.6. The van der Waals surface area contributed by atoms with Gasteiger partial charge < -0.3 is 14.9 Å². The molecule has 7 nitrogen and oxygen atoms in total. The van der Waals surface area contributed by atoms with Crippen molar-refractivity contribution in [3.05, 3.63) is 0 Å². The highest BCUT2D eigenvalue weighted by molar-refractivity contribution is 5.76. The number of hydrogen-bond donors (Lipinski definition) is 2. The van der Waals surface area contributed by atoms with E-state index in [0.29, 0.717) is 4.58 Å². The van der Waals surface area contributed by atoms with Gasteiger partial charge in [0.05, 0.1) is 6.42 Å². The zero-order valence-corrected chi connectivity index (χ0v) is 10.7. The molecule has 0 spiro atoms. The molecule has 0 aliphatic carbocycles. The van der Waals surface area contributed by atoms with Gasteiger partial charge in [-0.2, -0.15) is 4.79 Å². The third-order valence-electron chi connectivity index (χ3n) is 1.92. The Bertz CT molecular complexity index is 368. The first-order valence-electron chi connectivity index (χ1n) is 5.32. The monoisotopic (exact) mass is 260 g/mol.